The van der Waals surface area contributed by atoms with Crippen LogP contribution >= 0.6 is 0 Å². The molecule has 4 aromatic rings. The number of alkyl halides is 3. The number of β-amino-alcohol motifs (C(OH)–C–C–N with tert-alkyl or cyclic N) is 1. The van der Waals surface area contributed by atoms with Crippen LogP contribution in [-0.2, 0) is 23.8 Å². The molecule has 5 rings (SSSR count). The van der Waals surface area contributed by atoms with E-state index in [0.717, 1.165) is 29.2 Å². The number of aliphatic hydroxyl groups is 1. The van der Waals surface area contributed by atoms with Crippen molar-refractivity contribution < 1.29 is 27.5 Å². The lowest BCUT2D eigenvalue weighted by atomic mass is 10.1. The normalized spacial score (nSPS) is 13.2. The monoisotopic (exact) mass is 571 g/mol. The molecule has 4 N–H and O–H groups in total. The molecule has 1 aliphatic rings. The summed E-state index contributed by atoms with van der Waals surface area (Å²) >= 11 is 0. The molecule has 1 aliphatic heterocycles. The van der Waals surface area contributed by atoms with Gasteiger partial charge in [0.1, 0.15) is 23.3 Å². The van der Waals surface area contributed by atoms with Crippen LogP contribution in [0.4, 0.5) is 40.7 Å². The molecule has 13 heteroatoms. The van der Waals surface area contributed by atoms with E-state index in [0.29, 0.717) is 55.4 Å². The summed E-state index contributed by atoms with van der Waals surface area (Å²) in [5.41, 5.74) is 2.01. The summed E-state index contributed by atoms with van der Waals surface area (Å²) in [7, 11) is 0. The third-order valence-electron chi connectivity index (χ3n) is 6.17. The Bertz CT molecular complexity index is 1490. The van der Waals surface area contributed by atoms with Crippen LogP contribution in [0, 0.1) is 19.7 Å². The molecule has 216 valence electrons. The Morgan fingerprint density at radius 2 is 1.83 bits per heavy atom. The fourth-order valence-electron chi connectivity index (χ4n) is 4.11. The summed E-state index contributed by atoms with van der Waals surface area (Å²) in [5.74, 6) is 2.18. The Kier molecular flexibility index (Phi) is 9.17. The van der Waals surface area contributed by atoms with Crippen molar-refractivity contribution >= 4 is 29.6 Å². The van der Waals surface area contributed by atoms with Crippen molar-refractivity contribution in [1.29, 1.82) is 0 Å². The topological polar surface area (TPSA) is 119 Å². The molecule has 2 aromatic heterocycles. The molecule has 0 saturated carbocycles. The summed E-state index contributed by atoms with van der Waals surface area (Å²) < 4.78 is 49.5. The minimum Gasteiger partial charge on any atom is -0.389 e. The zero-order chi connectivity index (χ0) is 29.6. The molecule has 0 unspecified atom stereocenters. The van der Waals surface area contributed by atoms with Gasteiger partial charge in [-0.25, -0.2) is 14.4 Å². The van der Waals surface area contributed by atoms with Crippen LogP contribution in [0.3, 0.4) is 0 Å². The van der Waals surface area contributed by atoms with E-state index < -0.39 is 17.6 Å². The van der Waals surface area contributed by atoms with Crippen LogP contribution in [-0.4, -0.2) is 50.9 Å². The van der Waals surface area contributed by atoms with Crippen molar-refractivity contribution in [3.63, 3.8) is 0 Å². The van der Waals surface area contributed by atoms with E-state index in [9.17, 15) is 27.5 Å². The quantitative estimate of drug-likeness (QED) is 0.175. The van der Waals surface area contributed by atoms with Gasteiger partial charge in [-0.05, 0) is 50.5 Å². The molecule has 41 heavy (non-hydrogen) atoms. The average Bonchev–Trinajstić information content (AvgIpc) is 3.34. The molecule has 1 saturated heterocycles. The maximum absolute atomic E-state index is 13.6. The third-order valence-corrected chi connectivity index (χ3v) is 6.17. The average molecular weight is 572 g/mol. The number of hydrogen-bond acceptors (Lipinski definition) is 7. The number of aromatic nitrogens is 4. The number of benzene rings is 2. The Labute approximate surface area is 233 Å². The molecule has 3 heterocycles. The second kappa shape index (κ2) is 12.8. The number of halogens is 4. The van der Waals surface area contributed by atoms with Gasteiger partial charge in [0.05, 0.1) is 17.4 Å². The zero-order valence-corrected chi connectivity index (χ0v) is 22.3. The number of nitrogens with one attached hydrogen (secondary N) is 3. The van der Waals surface area contributed by atoms with Crippen molar-refractivity contribution in [2.24, 2.45) is 0 Å². The van der Waals surface area contributed by atoms with Gasteiger partial charge in [0.25, 0.3) is 0 Å². The minimum atomic E-state index is -4.22. The highest BCUT2D eigenvalue weighted by Gasteiger charge is 2.30. The van der Waals surface area contributed by atoms with Gasteiger partial charge in [-0.3, -0.25) is 9.89 Å². The summed E-state index contributed by atoms with van der Waals surface area (Å²) in [6.45, 7) is 4.58. The van der Waals surface area contributed by atoms with Crippen molar-refractivity contribution in [1.82, 2.24) is 20.2 Å². The van der Waals surface area contributed by atoms with Gasteiger partial charge in [-0.15, -0.1) is 0 Å². The lowest BCUT2D eigenvalue weighted by Gasteiger charge is -2.36. The van der Waals surface area contributed by atoms with Crippen LogP contribution in [0.2, 0.25) is 0 Å². The predicted octanol–water partition coefficient (Wildman–Crippen LogP) is 4.94. The Balaban J connectivity index is 0.000000296. The molecule has 0 radical (unpaired) electrons. The second-order valence-electron chi connectivity index (χ2n) is 9.56. The number of amides is 1. The van der Waals surface area contributed by atoms with Crippen molar-refractivity contribution in [3.8, 4) is 0 Å². The van der Waals surface area contributed by atoms with Crippen molar-refractivity contribution in [2.45, 2.75) is 39.0 Å². The van der Waals surface area contributed by atoms with E-state index in [2.05, 4.69) is 30.8 Å². The largest absolute Gasteiger partial charge is 0.416 e. The third kappa shape index (κ3) is 8.24. The first kappa shape index (κ1) is 29.5. The maximum Gasteiger partial charge on any atom is 0.416 e. The number of aryl methyl sites for hydroxylation is 4. The van der Waals surface area contributed by atoms with Gasteiger partial charge in [-0.2, -0.15) is 18.3 Å². The van der Waals surface area contributed by atoms with Crippen molar-refractivity contribution in [2.75, 3.05) is 28.6 Å². The Hall–Kier alpha value is -4.52. The van der Waals surface area contributed by atoms with E-state index in [1.165, 1.54) is 12.1 Å². The molecule has 0 spiro atoms. The first-order valence-electron chi connectivity index (χ1n) is 12.7. The smallest absolute Gasteiger partial charge is 0.389 e. The number of carbonyl (C=O) groups excluding carboxylic acids is 1. The highest BCUT2D eigenvalue weighted by Crippen LogP contribution is 2.29. The van der Waals surface area contributed by atoms with Gasteiger partial charge >= 0.3 is 6.18 Å². The van der Waals surface area contributed by atoms with E-state index in [4.69, 9.17) is 0 Å². The summed E-state index contributed by atoms with van der Waals surface area (Å²) in [6, 6.07) is 13.6. The SMILES string of the molecule is Cc1cccc(C(F)(F)F)c1.Cc1nc(Nc2cc(CCc3ccc(F)c(NC=O)c3)[nH]n2)cc(N2CC(O)C2)n1. The summed E-state index contributed by atoms with van der Waals surface area (Å²) in [6.07, 6.45) is -2.74. The fraction of sp³-hybridized carbons (Fsp3) is 0.286. The van der Waals surface area contributed by atoms with Crippen LogP contribution in [0.1, 0.15) is 28.2 Å². The number of aliphatic hydroxyl groups excluding tert-OH is 1. The van der Waals surface area contributed by atoms with E-state index in [1.54, 1.807) is 25.1 Å². The fourth-order valence-corrected chi connectivity index (χ4v) is 4.11. The van der Waals surface area contributed by atoms with Crippen LogP contribution in [0.5, 0.6) is 0 Å². The Morgan fingerprint density at radius 1 is 1.05 bits per heavy atom. The van der Waals surface area contributed by atoms with Gasteiger partial charge in [0.2, 0.25) is 6.41 Å². The van der Waals surface area contributed by atoms with Crippen LogP contribution < -0.4 is 15.5 Å². The molecular formula is C28H29F4N7O2. The van der Waals surface area contributed by atoms with E-state index in [1.807, 2.05) is 24.0 Å². The standard InChI is InChI=1S/C20H22FN7O2.C8H7F3/c1-12-23-18(8-20(24-12)28-9-15(30)10-28)25-19-7-14(26-27-19)4-2-13-3-5-16(21)17(6-13)22-11-29;1-6-3-2-4-7(5-6)8(9,10)11/h3,5-8,11,15,30H,2,4,9-10H2,1H3,(H,22,29)(H2,23,24,25,26,27);2-5H,1H3. The molecule has 0 aliphatic carbocycles. The second-order valence-corrected chi connectivity index (χ2v) is 9.56. The molecule has 9 nitrogen and oxygen atoms in total. The molecule has 1 amide bonds. The molecule has 1 fully saturated rings. The number of rotatable bonds is 8. The Morgan fingerprint density at radius 3 is 2.49 bits per heavy atom. The molecule has 2 aromatic carbocycles. The summed E-state index contributed by atoms with van der Waals surface area (Å²) in [5, 5.41) is 22.3. The minimum absolute atomic E-state index is 0.166. The number of anilines is 4. The van der Waals surface area contributed by atoms with Gasteiger partial charge < -0.3 is 20.6 Å². The first-order valence-corrected chi connectivity index (χ1v) is 12.7. The highest BCUT2D eigenvalue weighted by atomic mass is 19.4. The van der Waals surface area contributed by atoms with Crippen molar-refractivity contribution in [3.05, 3.63) is 88.6 Å². The molecular weight excluding hydrogens is 542 g/mol. The van der Waals surface area contributed by atoms with Gasteiger partial charge in [0, 0.05) is 30.9 Å². The number of H-pyrrole nitrogens is 1. The summed E-state index contributed by atoms with van der Waals surface area (Å²) in [4.78, 5) is 21.3. The zero-order valence-electron chi connectivity index (χ0n) is 22.3. The lowest BCUT2D eigenvalue weighted by Crippen LogP contribution is -2.51. The number of hydrogen-bond donors (Lipinski definition) is 4. The number of nitrogens with zero attached hydrogens (tertiary/aromatic N) is 4. The number of carbonyl (C=O) groups is 1. The van der Waals surface area contributed by atoms with Gasteiger partial charge in [-0.1, -0.05) is 29.8 Å². The molecule has 0 bridgehead atoms. The molecule has 0 atom stereocenters. The van der Waals surface area contributed by atoms with Crippen LogP contribution in [0.15, 0.2) is 54.6 Å². The highest BCUT2D eigenvalue weighted by molar-refractivity contribution is 5.71. The van der Waals surface area contributed by atoms with Crippen LogP contribution in [0.25, 0.3) is 0 Å². The lowest BCUT2D eigenvalue weighted by molar-refractivity contribution is -0.137. The van der Waals surface area contributed by atoms with Gasteiger partial charge in [0.15, 0.2) is 5.82 Å². The van der Waals surface area contributed by atoms with E-state index >= 15 is 0 Å². The van der Waals surface area contributed by atoms with E-state index in [-0.39, 0.29) is 11.8 Å². The number of aromatic amines is 1. The maximum atomic E-state index is 13.6. The first-order chi connectivity index (χ1) is 19.5. The predicted molar refractivity (Wildman–Crippen MR) is 147 cm³/mol.